The van der Waals surface area contributed by atoms with E-state index in [9.17, 15) is 5.11 Å². The third-order valence-corrected chi connectivity index (χ3v) is 11.1. The van der Waals surface area contributed by atoms with Gasteiger partial charge in [0.2, 0.25) is 0 Å². The lowest BCUT2D eigenvalue weighted by Crippen LogP contribution is -2.52. The van der Waals surface area contributed by atoms with Gasteiger partial charge >= 0.3 is 0 Å². The van der Waals surface area contributed by atoms with Crippen molar-refractivity contribution in [2.45, 2.75) is 99.0 Å². The Labute approximate surface area is 186 Å². The molecule has 1 N–H and O–H groups in total. The summed E-state index contributed by atoms with van der Waals surface area (Å²) in [4.78, 5) is 0. The molecule has 4 aliphatic carbocycles. The zero-order valence-electron chi connectivity index (χ0n) is 20.6. The molecule has 170 valence electrons. The third-order valence-electron chi connectivity index (χ3n) is 11.1. The molecular weight excluding hydrogens is 364 g/mol. The fourth-order valence-corrected chi connectivity index (χ4v) is 8.55. The molecule has 0 amide bonds. The van der Waals surface area contributed by atoms with Crippen LogP contribution in [-0.2, 0) is 0 Å². The lowest BCUT2D eigenvalue weighted by Gasteiger charge is -2.59. The van der Waals surface area contributed by atoms with Crippen LogP contribution in [0.3, 0.4) is 0 Å². The second kappa shape index (κ2) is 8.42. The lowest BCUT2D eigenvalue weighted by atomic mass is 9.46. The molecule has 1 heteroatoms. The van der Waals surface area contributed by atoms with Crippen molar-refractivity contribution in [2.24, 2.45) is 58.2 Å². The van der Waals surface area contributed by atoms with Gasteiger partial charge in [0, 0.05) is 0 Å². The second-order valence-electron chi connectivity index (χ2n) is 12.4. The molecule has 30 heavy (non-hydrogen) atoms. The summed E-state index contributed by atoms with van der Waals surface area (Å²) in [7, 11) is 0. The van der Waals surface area contributed by atoms with Gasteiger partial charge in [-0.3, -0.25) is 0 Å². The molecule has 3 unspecified atom stereocenters. The molecule has 3 fully saturated rings. The number of fused-ring (bicyclic) bond motifs is 5. The summed E-state index contributed by atoms with van der Waals surface area (Å²) < 4.78 is 0. The smallest absolute Gasteiger partial charge is 0.0546 e. The van der Waals surface area contributed by atoms with Crippen molar-refractivity contribution in [1.82, 2.24) is 0 Å². The Bertz CT molecular complexity index is 663. The number of aliphatic hydroxyl groups is 1. The molecule has 0 saturated heterocycles. The second-order valence-corrected chi connectivity index (χ2v) is 12.4. The minimum Gasteiger partial charge on any atom is -0.393 e. The molecule has 0 aromatic rings. The highest BCUT2D eigenvalue weighted by Gasteiger charge is 2.59. The van der Waals surface area contributed by atoms with E-state index in [1.54, 1.807) is 0 Å². The Morgan fingerprint density at radius 2 is 1.63 bits per heavy atom. The van der Waals surface area contributed by atoms with Gasteiger partial charge in [-0.2, -0.15) is 0 Å². The number of allylic oxidation sites excluding steroid dienone is 4. The molecule has 3 saturated carbocycles. The highest BCUT2D eigenvalue weighted by atomic mass is 16.3. The minimum atomic E-state index is -0.0700. The van der Waals surface area contributed by atoms with Crippen molar-refractivity contribution in [2.75, 3.05) is 0 Å². The van der Waals surface area contributed by atoms with Crippen LogP contribution in [0.4, 0.5) is 0 Å². The van der Waals surface area contributed by atoms with Crippen molar-refractivity contribution in [3.05, 3.63) is 24.3 Å². The Kier molecular flexibility index (Phi) is 6.35. The Morgan fingerprint density at radius 1 is 0.933 bits per heavy atom. The first-order valence-corrected chi connectivity index (χ1v) is 13.3. The first-order chi connectivity index (χ1) is 14.2. The summed E-state index contributed by atoms with van der Waals surface area (Å²) in [5, 5.41) is 10.2. The summed E-state index contributed by atoms with van der Waals surface area (Å²) >= 11 is 0. The average molecular weight is 413 g/mol. The van der Waals surface area contributed by atoms with Crippen LogP contribution in [0.5, 0.6) is 0 Å². The molecule has 0 aliphatic heterocycles. The van der Waals surface area contributed by atoms with Crippen LogP contribution < -0.4 is 0 Å². The standard InChI is InChI=1S/C29H48O/c1-7-19(2)20(3)8-9-21(4)25-12-13-26-24-11-10-22-18-23(30)14-16-28(22,5)27(24)15-17-29(25,26)6/h8-11,19-27,30H,7,12-18H2,1-6H3/t19?,20-,21+,22?,23?,24-,25+,26-,27-,28-,29+/m0/s1. The monoisotopic (exact) mass is 412 g/mol. The highest BCUT2D eigenvalue weighted by molar-refractivity contribution is 5.18. The molecule has 0 spiro atoms. The maximum atomic E-state index is 10.2. The zero-order valence-corrected chi connectivity index (χ0v) is 20.6. The quantitative estimate of drug-likeness (QED) is 0.460. The largest absolute Gasteiger partial charge is 0.393 e. The molecule has 0 heterocycles. The average Bonchev–Trinajstić information content (AvgIpc) is 3.09. The molecular formula is C29H48O. The van der Waals surface area contributed by atoms with Crippen molar-refractivity contribution in [3.8, 4) is 0 Å². The molecule has 0 radical (unpaired) electrons. The van der Waals surface area contributed by atoms with Gasteiger partial charge in [-0.05, 0) is 103 Å². The van der Waals surface area contributed by atoms with Crippen LogP contribution in [0.15, 0.2) is 24.3 Å². The molecule has 4 rings (SSSR count). The van der Waals surface area contributed by atoms with Crippen molar-refractivity contribution in [3.63, 3.8) is 0 Å². The molecule has 1 nitrogen and oxygen atoms in total. The summed E-state index contributed by atoms with van der Waals surface area (Å²) in [5.41, 5.74) is 0.932. The van der Waals surface area contributed by atoms with Gasteiger partial charge in [0.25, 0.3) is 0 Å². The van der Waals surface area contributed by atoms with Gasteiger partial charge in [-0.25, -0.2) is 0 Å². The number of hydrogen-bond acceptors (Lipinski definition) is 1. The molecule has 11 atom stereocenters. The van der Waals surface area contributed by atoms with Crippen LogP contribution in [0.2, 0.25) is 0 Å². The van der Waals surface area contributed by atoms with Crippen LogP contribution in [0.1, 0.15) is 92.9 Å². The number of aliphatic hydroxyl groups excluding tert-OH is 1. The zero-order chi connectivity index (χ0) is 21.7. The topological polar surface area (TPSA) is 20.2 Å². The Morgan fingerprint density at radius 3 is 2.37 bits per heavy atom. The van der Waals surface area contributed by atoms with E-state index in [-0.39, 0.29) is 6.10 Å². The van der Waals surface area contributed by atoms with Crippen molar-refractivity contribution in [1.29, 1.82) is 0 Å². The van der Waals surface area contributed by atoms with Crippen molar-refractivity contribution < 1.29 is 5.11 Å². The third kappa shape index (κ3) is 3.66. The lowest BCUT2D eigenvalue weighted by molar-refractivity contribution is -0.0795. The van der Waals surface area contributed by atoms with Crippen LogP contribution in [0.25, 0.3) is 0 Å². The Balaban J connectivity index is 1.51. The van der Waals surface area contributed by atoms with E-state index in [1.807, 2.05) is 0 Å². The van der Waals surface area contributed by atoms with Gasteiger partial charge < -0.3 is 5.11 Å². The van der Waals surface area contributed by atoms with Crippen LogP contribution in [0, 0.1) is 58.2 Å². The summed E-state index contributed by atoms with van der Waals surface area (Å²) in [5.74, 6) is 6.11. The van der Waals surface area contributed by atoms with Gasteiger partial charge in [-0.15, -0.1) is 0 Å². The molecule has 0 aromatic carbocycles. The van der Waals surface area contributed by atoms with Gasteiger partial charge in [-0.1, -0.05) is 72.3 Å². The number of hydrogen-bond donors (Lipinski definition) is 1. The molecule has 4 aliphatic rings. The van der Waals surface area contributed by atoms with Crippen molar-refractivity contribution >= 4 is 0 Å². The maximum Gasteiger partial charge on any atom is 0.0546 e. The fraction of sp³-hybridized carbons (Fsp3) is 0.862. The van der Waals surface area contributed by atoms with Crippen LogP contribution in [-0.4, -0.2) is 11.2 Å². The van der Waals surface area contributed by atoms with E-state index < -0.39 is 0 Å². The predicted molar refractivity (Wildman–Crippen MR) is 128 cm³/mol. The maximum absolute atomic E-state index is 10.2. The summed E-state index contributed by atoms with van der Waals surface area (Å²) in [6.07, 6.45) is 20.4. The molecule has 0 aromatic heterocycles. The van der Waals surface area contributed by atoms with E-state index in [0.29, 0.717) is 28.6 Å². The van der Waals surface area contributed by atoms with E-state index in [0.717, 1.165) is 42.4 Å². The fourth-order valence-electron chi connectivity index (χ4n) is 8.55. The van der Waals surface area contributed by atoms with Gasteiger partial charge in [0.05, 0.1) is 6.10 Å². The predicted octanol–water partition coefficient (Wildman–Crippen LogP) is 7.66. The number of rotatable bonds is 5. The normalized spacial score (nSPS) is 48.6. The van der Waals surface area contributed by atoms with E-state index in [4.69, 9.17) is 0 Å². The first kappa shape index (κ1) is 22.6. The summed E-state index contributed by atoms with van der Waals surface area (Å²) in [6.45, 7) is 14.8. The minimum absolute atomic E-state index is 0.0700. The van der Waals surface area contributed by atoms with Crippen LogP contribution >= 0.6 is 0 Å². The molecule has 0 bridgehead atoms. The Hall–Kier alpha value is -0.560. The first-order valence-electron chi connectivity index (χ1n) is 13.3. The summed E-state index contributed by atoms with van der Waals surface area (Å²) in [6, 6.07) is 0. The van der Waals surface area contributed by atoms with Gasteiger partial charge in [0.1, 0.15) is 0 Å². The van der Waals surface area contributed by atoms with Gasteiger partial charge in [0.15, 0.2) is 0 Å². The highest BCUT2D eigenvalue weighted by Crippen LogP contribution is 2.66. The van der Waals surface area contributed by atoms with E-state index in [1.165, 1.54) is 38.5 Å². The van der Waals surface area contributed by atoms with E-state index in [2.05, 4.69) is 65.8 Å². The van der Waals surface area contributed by atoms with E-state index >= 15 is 0 Å². The SMILES string of the molecule is CCC(C)[C@@H](C)C=C[C@@H](C)[C@H]1CC[C@H]2[C@@H]3C=CC4CC(O)CC[C@]4(C)[C@H]3CC[C@]12C.